The van der Waals surface area contributed by atoms with Crippen molar-refractivity contribution in [3.8, 4) is 11.5 Å². The molecule has 6 nitrogen and oxygen atoms in total. The van der Waals surface area contributed by atoms with Crippen molar-refractivity contribution in [2.24, 2.45) is 5.92 Å². The summed E-state index contributed by atoms with van der Waals surface area (Å²) < 4.78 is 33.5. The van der Waals surface area contributed by atoms with Crippen LogP contribution in [0.1, 0.15) is 24.0 Å². The van der Waals surface area contributed by atoms with Crippen molar-refractivity contribution in [2.45, 2.75) is 25.5 Å². The lowest BCUT2D eigenvalue weighted by Crippen LogP contribution is -2.44. The number of carbonyl (C=O) groups excluding carboxylic acids is 1. The number of nitrogens with one attached hydrogen (secondary N) is 1. The second-order valence-corrected chi connectivity index (χ2v) is 10.8. The highest BCUT2D eigenvalue weighted by molar-refractivity contribution is 7.88. The van der Waals surface area contributed by atoms with Crippen molar-refractivity contribution < 1.29 is 17.9 Å². The van der Waals surface area contributed by atoms with Gasteiger partial charge in [-0.25, -0.2) is 12.7 Å². The van der Waals surface area contributed by atoms with Crippen LogP contribution >= 0.6 is 11.6 Å². The van der Waals surface area contributed by atoms with Gasteiger partial charge >= 0.3 is 0 Å². The minimum absolute atomic E-state index is 0.0721. The lowest BCUT2D eigenvalue weighted by molar-refractivity contribution is -0.120. The van der Waals surface area contributed by atoms with Gasteiger partial charge in [0.05, 0.1) is 17.4 Å². The highest BCUT2D eigenvalue weighted by Gasteiger charge is 2.33. The molecule has 34 heavy (non-hydrogen) atoms. The molecule has 1 amide bonds. The Morgan fingerprint density at radius 2 is 1.82 bits per heavy atom. The smallest absolute Gasteiger partial charge is 0.228 e. The molecule has 0 spiro atoms. The topological polar surface area (TPSA) is 75.7 Å². The molecule has 1 unspecified atom stereocenters. The summed E-state index contributed by atoms with van der Waals surface area (Å²) in [6.07, 6.45) is 1.23. The molecule has 1 atom stereocenters. The lowest BCUT2D eigenvalue weighted by Gasteiger charge is -2.31. The van der Waals surface area contributed by atoms with E-state index >= 15 is 0 Å². The van der Waals surface area contributed by atoms with Crippen LogP contribution in [0.5, 0.6) is 11.5 Å². The van der Waals surface area contributed by atoms with E-state index in [-0.39, 0.29) is 18.2 Å². The summed E-state index contributed by atoms with van der Waals surface area (Å²) in [4.78, 5) is 13.1. The summed E-state index contributed by atoms with van der Waals surface area (Å²) in [5.74, 6) is 0.298. The molecule has 1 aliphatic rings. The third kappa shape index (κ3) is 5.97. The molecule has 1 fully saturated rings. The molecule has 178 valence electrons. The zero-order valence-corrected chi connectivity index (χ0v) is 20.5. The molecule has 1 aliphatic heterocycles. The molecule has 1 heterocycles. The Morgan fingerprint density at radius 3 is 2.59 bits per heavy atom. The molecule has 0 radical (unpaired) electrons. The summed E-state index contributed by atoms with van der Waals surface area (Å²) in [5.41, 5.74) is 2.15. The average Bonchev–Trinajstić information content (AvgIpc) is 2.83. The molecule has 0 bridgehead atoms. The maximum absolute atomic E-state index is 13.1. The average molecular weight is 499 g/mol. The Balaban J connectivity index is 1.47. The number of rotatable bonds is 7. The van der Waals surface area contributed by atoms with Gasteiger partial charge in [0.1, 0.15) is 5.75 Å². The number of ether oxygens (including phenoxy) is 1. The number of hydrogen-bond acceptors (Lipinski definition) is 4. The Kier molecular flexibility index (Phi) is 7.56. The van der Waals surface area contributed by atoms with E-state index in [1.807, 2.05) is 61.5 Å². The van der Waals surface area contributed by atoms with Gasteiger partial charge in [0.15, 0.2) is 5.75 Å². The largest absolute Gasteiger partial charge is 0.455 e. The fourth-order valence-electron chi connectivity index (χ4n) is 4.01. The first-order chi connectivity index (χ1) is 16.3. The second kappa shape index (κ2) is 10.6. The zero-order valence-electron chi connectivity index (χ0n) is 18.9. The second-order valence-electron chi connectivity index (χ2n) is 8.42. The Bertz CT molecular complexity index is 1260. The van der Waals surface area contributed by atoms with E-state index in [4.69, 9.17) is 16.3 Å². The van der Waals surface area contributed by atoms with E-state index in [1.54, 1.807) is 18.2 Å². The van der Waals surface area contributed by atoms with Gasteiger partial charge < -0.3 is 10.1 Å². The molecule has 0 saturated carbocycles. The fourth-order valence-corrected chi connectivity index (χ4v) is 5.89. The van der Waals surface area contributed by atoms with Crippen LogP contribution in [0.2, 0.25) is 5.02 Å². The van der Waals surface area contributed by atoms with Gasteiger partial charge in [-0.05, 0) is 61.2 Å². The van der Waals surface area contributed by atoms with Crippen molar-refractivity contribution in [1.82, 2.24) is 4.31 Å². The number of aryl methyl sites for hydroxylation is 1. The van der Waals surface area contributed by atoms with E-state index in [9.17, 15) is 13.2 Å². The predicted octanol–water partition coefficient (Wildman–Crippen LogP) is 5.62. The first-order valence-corrected chi connectivity index (χ1v) is 13.2. The maximum Gasteiger partial charge on any atom is 0.228 e. The standard InChI is InChI=1S/C26H27ClN2O4S/c1-19-8-5-6-9-21(19)18-34(31,32)29-15-7-10-20(17-29)26(30)28-24-16-22(27)13-14-25(24)33-23-11-3-2-4-12-23/h2-6,8-9,11-14,16,20H,7,10,15,17-18H2,1H3,(H,28,30). The number of amides is 1. The molecule has 0 aromatic heterocycles. The first kappa shape index (κ1) is 24.3. The molecular weight excluding hydrogens is 472 g/mol. The summed E-state index contributed by atoms with van der Waals surface area (Å²) in [7, 11) is -3.55. The highest BCUT2D eigenvalue weighted by Crippen LogP contribution is 2.33. The molecule has 8 heteroatoms. The van der Waals surface area contributed by atoms with E-state index < -0.39 is 15.9 Å². The lowest BCUT2D eigenvalue weighted by atomic mass is 9.98. The van der Waals surface area contributed by atoms with Gasteiger partial charge in [0.25, 0.3) is 0 Å². The van der Waals surface area contributed by atoms with Gasteiger partial charge in [-0.2, -0.15) is 0 Å². The number of sulfonamides is 1. The molecule has 0 aliphatic carbocycles. The molecular formula is C26H27ClN2O4S. The van der Waals surface area contributed by atoms with Crippen LogP contribution in [-0.2, 0) is 20.6 Å². The number of carbonyl (C=O) groups is 1. The summed E-state index contributed by atoms with van der Waals surface area (Å²) >= 11 is 6.17. The summed E-state index contributed by atoms with van der Waals surface area (Å²) in [6, 6.07) is 21.7. The summed E-state index contributed by atoms with van der Waals surface area (Å²) in [5, 5.41) is 3.36. The number of nitrogens with zero attached hydrogens (tertiary/aromatic N) is 1. The van der Waals surface area contributed by atoms with Crippen LogP contribution in [0, 0.1) is 12.8 Å². The Morgan fingerprint density at radius 1 is 1.09 bits per heavy atom. The third-order valence-corrected chi connectivity index (χ3v) is 7.95. The zero-order chi connectivity index (χ0) is 24.1. The van der Waals surface area contributed by atoms with Crippen LogP contribution in [0.25, 0.3) is 0 Å². The van der Waals surface area contributed by atoms with Gasteiger partial charge in [-0.1, -0.05) is 54.1 Å². The molecule has 4 rings (SSSR count). The van der Waals surface area contributed by atoms with Crippen LogP contribution in [0.4, 0.5) is 5.69 Å². The van der Waals surface area contributed by atoms with E-state index in [0.29, 0.717) is 41.6 Å². The van der Waals surface area contributed by atoms with Crippen LogP contribution in [0.3, 0.4) is 0 Å². The summed E-state index contributed by atoms with van der Waals surface area (Å²) in [6.45, 7) is 2.46. The SMILES string of the molecule is Cc1ccccc1CS(=O)(=O)N1CCCC(C(=O)Nc2cc(Cl)ccc2Oc2ccccc2)C1. The van der Waals surface area contributed by atoms with Crippen molar-refractivity contribution >= 4 is 33.2 Å². The highest BCUT2D eigenvalue weighted by atomic mass is 35.5. The number of para-hydroxylation sites is 1. The third-order valence-electron chi connectivity index (χ3n) is 5.92. The van der Waals surface area contributed by atoms with Crippen molar-refractivity contribution in [3.63, 3.8) is 0 Å². The Labute approximate surface area is 205 Å². The first-order valence-electron chi connectivity index (χ1n) is 11.2. The van der Waals surface area contributed by atoms with Gasteiger partial charge in [0, 0.05) is 18.1 Å². The van der Waals surface area contributed by atoms with E-state index in [2.05, 4.69) is 5.32 Å². The Hall–Kier alpha value is -2.87. The van der Waals surface area contributed by atoms with Crippen molar-refractivity contribution in [1.29, 1.82) is 0 Å². The molecule has 3 aromatic rings. The number of piperidine rings is 1. The van der Waals surface area contributed by atoms with Gasteiger partial charge in [-0.15, -0.1) is 0 Å². The molecule has 3 aromatic carbocycles. The van der Waals surface area contributed by atoms with Crippen molar-refractivity contribution in [2.75, 3.05) is 18.4 Å². The minimum Gasteiger partial charge on any atom is -0.455 e. The molecule has 1 N–H and O–H groups in total. The quantitative estimate of drug-likeness (QED) is 0.458. The van der Waals surface area contributed by atoms with Gasteiger partial charge in [-0.3, -0.25) is 4.79 Å². The number of anilines is 1. The monoisotopic (exact) mass is 498 g/mol. The normalized spacial score (nSPS) is 16.7. The number of hydrogen-bond donors (Lipinski definition) is 1. The number of benzene rings is 3. The van der Waals surface area contributed by atoms with Crippen LogP contribution in [-0.4, -0.2) is 31.7 Å². The fraction of sp³-hybridized carbons (Fsp3) is 0.269. The maximum atomic E-state index is 13.1. The number of halogens is 1. The predicted molar refractivity (Wildman–Crippen MR) is 135 cm³/mol. The molecule has 1 saturated heterocycles. The van der Waals surface area contributed by atoms with E-state index in [1.165, 1.54) is 4.31 Å². The van der Waals surface area contributed by atoms with Crippen LogP contribution < -0.4 is 10.1 Å². The van der Waals surface area contributed by atoms with Crippen molar-refractivity contribution in [3.05, 3.63) is 88.9 Å². The van der Waals surface area contributed by atoms with E-state index in [0.717, 1.165) is 11.1 Å². The van der Waals surface area contributed by atoms with Crippen LogP contribution in [0.15, 0.2) is 72.8 Å². The minimum atomic E-state index is -3.55. The van der Waals surface area contributed by atoms with Gasteiger partial charge in [0.2, 0.25) is 15.9 Å².